The van der Waals surface area contributed by atoms with Crippen LogP contribution in [0.4, 0.5) is 0 Å². The Morgan fingerprint density at radius 2 is 2.00 bits per heavy atom. The summed E-state index contributed by atoms with van der Waals surface area (Å²) in [5, 5.41) is 2.66. The van der Waals surface area contributed by atoms with Crippen LogP contribution in [-0.4, -0.2) is 35.7 Å². The van der Waals surface area contributed by atoms with Gasteiger partial charge in [0.2, 0.25) is 5.91 Å². The smallest absolute Gasteiger partial charge is 0.261 e. The first-order chi connectivity index (χ1) is 10.0. The predicted molar refractivity (Wildman–Crippen MR) is 79.0 cm³/mol. The first-order valence-corrected chi connectivity index (χ1v) is 6.89. The zero-order chi connectivity index (χ0) is 15.4. The quantitative estimate of drug-likeness (QED) is 0.639. The zero-order valence-corrected chi connectivity index (χ0v) is 12.0. The fourth-order valence-corrected chi connectivity index (χ4v) is 2.28. The highest BCUT2D eigenvalue weighted by Gasteiger charge is 2.34. The minimum absolute atomic E-state index is 0.109. The molecule has 110 valence electrons. The molecule has 21 heavy (non-hydrogen) atoms. The van der Waals surface area contributed by atoms with E-state index < -0.39 is 0 Å². The minimum atomic E-state index is -0.276. The second-order valence-corrected chi connectivity index (χ2v) is 5.01. The van der Waals surface area contributed by atoms with Crippen LogP contribution in [0.5, 0.6) is 0 Å². The number of rotatable bonds is 6. The number of aryl methyl sites for hydroxylation is 1. The van der Waals surface area contributed by atoms with Crippen molar-refractivity contribution in [2.75, 3.05) is 13.1 Å². The average Bonchev–Trinajstić information content (AvgIpc) is 2.69. The summed E-state index contributed by atoms with van der Waals surface area (Å²) in [6.45, 7) is 6.07. The van der Waals surface area contributed by atoms with E-state index >= 15 is 0 Å². The number of fused-ring (bicyclic) bond motifs is 1. The molecule has 2 rings (SSSR count). The van der Waals surface area contributed by atoms with Crippen molar-refractivity contribution < 1.29 is 14.4 Å². The molecule has 3 amide bonds. The maximum atomic E-state index is 12.2. The van der Waals surface area contributed by atoms with Crippen LogP contribution in [0.15, 0.2) is 30.9 Å². The van der Waals surface area contributed by atoms with Crippen molar-refractivity contribution in [3.8, 4) is 0 Å². The van der Waals surface area contributed by atoms with E-state index in [1.807, 2.05) is 13.0 Å². The summed E-state index contributed by atoms with van der Waals surface area (Å²) >= 11 is 0. The third-order valence-corrected chi connectivity index (χ3v) is 3.36. The Balaban J connectivity index is 1.94. The van der Waals surface area contributed by atoms with Gasteiger partial charge in [-0.05, 0) is 25.5 Å². The lowest BCUT2D eigenvalue weighted by molar-refractivity contribution is -0.121. The Kier molecular flexibility index (Phi) is 4.52. The van der Waals surface area contributed by atoms with Gasteiger partial charge < -0.3 is 5.32 Å². The van der Waals surface area contributed by atoms with E-state index in [0.717, 1.165) is 5.56 Å². The van der Waals surface area contributed by atoms with Crippen LogP contribution in [0.2, 0.25) is 0 Å². The number of amides is 3. The number of hydrogen-bond donors (Lipinski definition) is 1. The van der Waals surface area contributed by atoms with Crippen molar-refractivity contribution in [3.63, 3.8) is 0 Å². The lowest BCUT2D eigenvalue weighted by Gasteiger charge is -2.13. The Labute approximate surface area is 123 Å². The van der Waals surface area contributed by atoms with Crippen LogP contribution in [-0.2, 0) is 4.79 Å². The number of hydrogen-bond acceptors (Lipinski definition) is 3. The molecule has 0 aliphatic carbocycles. The number of nitrogens with one attached hydrogen (secondary N) is 1. The van der Waals surface area contributed by atoms with Crippen molar-refractivity contribution in [2.24, 2.45) is 0 Å². The van der Waals surface area contributed by atoms with Crippen molar-refractivity contribution in [3.05, 3.63) is 47.5 Å². The summed E-state index contributed by atoms with van der Waals surface area (Å²) in [5.74, 6) is -0.658. The largest absolute Gasteiger partial charge is 0.353 e. The molecule has 1 aliphatic heterocycles. The fourth-order valence-electron chi connectivity index (χ4n) is 2.28. The highest BCUT2D eigenvalue weighted by molar-refractivity contribution is 6.21. The van der Waals surface area contributed by atoms with E-state index in [0.29, 0.717) is 24.1 Å². The number of carbonyl (C=O) groups is 3. The van der Waals surface area contributed by atoms with E-state index in [9.17, 15) is 14.4 Å². The van der Waals surface area contributed by atoms with Gasteiger partial charge in [-0.2, -0.15) is 0 Å². The van der Waals surface area contributed by atoms with Gasteiger partial charge in [-0.3, -0.25) is 19.3 Å². The normalized spacial score (nSPS) is 13.3. The number of imide groups is 1. The van der Waals surface area contributed by atoms with Gasteiger partial charge in [-0.15, -0.1) is 6.58 Å². The molecule has 1 aromatic rings. The fraction of sp³-hybridized carbons (Fsp3) is 0.312. The third-order valence-electron chi connectivity index (χ3n) is 3.36. The van der Waals surface area contributed by atoms with Gasteiger partial charge in [0.1, 0.15) is 0 Å². The van der Waals surface area contributed by atoms with E-state index in [1.54, 1.807) is 18.2 Å². The van der Waals surface area contributed by atoms with E-state index in [4.69, 9.17) is 0 Å². The summed E-state index contributed by atoms with van der Waals surface area (Å²) in [6, 6.07) is 5.23. The molecule has 1 aromatic carbocycles. The molecule has 1 N–H and O–H groups in total. The van der Waals surface area contributed by atoms with E-state index in [-0.39, 0.29) is 30.7 Å². The van der Waals surface area contributed by atoms with Gasteiger partial charge in [0, 0.05) is 19.5 Å². The van der Waals surface area contributed by atoms with E-state index in [2.05, 4.69) is 11.9 Å². The van der Waals surface area contributed by atoms with Gasteiger partial charge in [0.05, 0.1) is 11.1 Å². The molecule has 0 atom stereocenters. The Hall–Kier alpha value is -2.43. The minimum Gasteiger partial charge on any atom is -0.353 e. The molecule has 0 saturated heterocycles. The van der Waals surface area contributed by atoms with Gasteiger partial charge in [-0.25, -0.2) is 0 Å². The van der Waals surface area contributed by atoms with Crippen LogP contribution >= 0.6 is 0 Å². The van der Waals surface area contributed by atoms with Crippen LogP contribution in [0.25, 0.3) is 0 Å². The second kappa shape index (κ2) is 6.35. The molecule has 0 bridgehead atoms. The SMILES string of the molecule is C=CCNC(=O)CCCN1C(=O)c2ccc(C)cc2C1=O. The Bertz CT molecular complexity index is 608. The lowest BCUT2D eigenvalue weighted by atomic mass is 10.1. The van der Waals surface area contributed by atoms with E-state index in [1.165, 1.54) is 4.90 Å². The molecule has 0 fully saturated rings. The first kappa shape index (κ1) is 15.0. The third kappa shape index (κ3) is 3.18. The van der Waals surface area contributed by atoms with Gasteiger partial charge in [0.25, 0.3) is 11.8 Å². The summed E-state index contributed by atoms with van der Waals surface area (Å²) in [5.41, 5.74) is 1.85. The molecule has 1 heterocycles. The van der Waals surface area contributed by atoms with Crippen molar-refractivity contribution in [2.45, 2.75) is 19.8 Å². The molecule has 5 heteroatoms. The summed E-state index contributed by atoms with van der Waals surface area (Å²) in [6.07, 6.45) is 2.33. The van der Waals surface area contributed by atoms with Crippen molar-refractivity contribution >= 4 is 17.7 Å². The molecular weight excluding hydrogens is 268 g/mol. The molecule has 0 radical (unpaired) electrons. The molecular formula is C16H18N2O3. The maximum absolute atomic E-state index is 12.2. The first-order valence-electron chi connectivity index (χ1n) is 6.89. The zero-order valence-electron chi connectivity index (χ0n) is 12.0. The van der Waals surface area contributed by atoms with Crippen LogP contribution in [0.1, 0.15) is 39.1 Å². The highest BCUT2D eigenvalue weighted by atomic mass is 16.2. The standard InChI is InChI=1S/C16H18N2O3/c1-3-8-17-14(19)5-4-9-18-15(20)12-7-6-11(2)10-13(12)16(18)21/h3,6-7,10H,1,4-5,8-9H2,2H3,(H,17,19). The maximum Gasteiger partial charge on any atom is 0.261 e. The summed E-state index contributed by atoms with van der Waals surface area (Å²) in [7, 11) is 0. The van der Waals surface area contributed by atoms with Gasteiger partial charge >= 0.3 is 0 Å². The average molecular weight is 286 g/mol. The topological polar surface area (TPSA) is 66.5 Å². The van der Waals surface area contributed by atoms with Gasteiger partial charge in [-0.1, -0.05) is 17.7 Å². The molecule has 0 saturated carbocycles. The highest BCUT2D eigenvalue weighted by Crippen LogP contribution is 2.24. The Morgan fingerprint density at radius 3 is 2.71 bits per heavy atom. The van der Waals surface area contributed by atoms with Gasteiger partial charge in [0.15, 0.2) is 0 Å². The molecule has 5 nitrogen and oxygen atoms in total. The van der Waals surface area contributed by atoms with Crippen LogP contribution < -0.4 is 5.32 Å². The lowest BCUT2D eigenvalue weighted by Crippen LogP contribution is -2.32. The molecule has 0 aromatic heterocycles. The van der Waals surface area contributed by atoms with Crippen molar-refractivity contribution in [1.82, 2.24) is 10.2 Å². The monoisotopic (exact) mass is 286 g/mol. The number of nitrogens with zero attached hydrogens (tertiary/aromatic N) is 1. The summed E-state index contributed by atoms with van der Waals surface area (Å²) in [4.78, 5) is 37.0. The second-order valence-electron chi connectivity index (χ2n) is 5.01. The van der Waals surface area contributed by atoms with Crippen LogP contribution in [0, 0.1) is 6.92 Å². The number of carbonyl (C=O) groups excluding carboxylic acids is 3. The predicted octanol–water partition coefficient (Wildman–Crippen LogP) is 1.67. The van der Waals surface area contributed by atoms with Crippen LogP contribution in [0.3, 0.4) is 0 Å². The Morgan fingerprint density at radius 1 is 1.29 bits per heavy atom. The summed E-state index contributed by atoms with van der Waals surface area (Å²) < 4.78 is 0. The van der Waals surface area contributed by atoms with Crippen molar-refractivity contribution in [1.29, 1.82) is 0 Å². The molecule has 0 unspecified atom stereocenters. The molecule has 1 aliphatic rings. The number of benzene rings is 1. The molecule has 0 spiro atoms.